The summed E-state index contributed by atoms with van der Waals surface area (Å²) in [6, 6.07) is 8.77. The molecule has 0 spiro atoms. The summed E-state index contributed by atoms with van der Waals surface area (Å²) in [6.45, 7) is 0. The van der Waals surface area contributed by atoms with Gasteiger partial charge in [-0.2, -0.15) is 0 Å². The monoisotopic (exact) mass is 443 g/mol. The number of fused-ring (bicyclic) bond motifs is 1. The molecule has 2 aromatic carbocycles. The van der Waals surface area contributed by atoms with E-state index in [1.807, 2.05) is 0 Å². The number of benzene rings is 2. The number of primary sulfonamides is 1. The van der Waals surface area contributed by atoms with Crippen molar-refractivity contribution in [2.75, 3.05) is 7.11 Å². The van der Waals surface area contributed by atoms with Crippen LogP contribution in [-0.2, 0) is 10.0 Å². The maximum Gasteiger partial charge on any atom is 0.238 e. The van der Waals surface area contributed by atoms with Crippen LogP contribution >= 0.6 is 27.5 Å². The van der Waals surface area contributed by atoms with Gasteiger partial charge in [0.05, 0.1) is 17.0 Å². The van der Waals surface area contributed by atoms with Gasteiger partial charge in [0.1, 0.15) is 15.6 Å². The summed E-state index contributed by atoms with van der Waals surface area (Å²) < 4.78 is 33.9. The normalized spacial score (nSPS) is 11.7. The number of hydrogen-bond donors (Lipinski definition) is 1. The van der Waals surface area contributed by atoms with Gasteiger partial charge in [0.15, 0.2) is 11.3 Å². The van der Waals surface area contributed by atoms with E-state index in [1.54, 1.807) is 12.1 Å². The molecule has 1 heterocycles. The Labute approximate surface area is 156 Å². The molecule has 0 saturated heterocycles. The van der Waals surface area contributed by atoms with Crippen LogP contribution in [0, 0.1) is 0 Å². The lowest BCUT2D eigenvalue weighted by Crippen LogP contribution is -2.11. The van der Waals surface area contributed by atoms with Crippen LogP contribution in [0.25, 0.3) is 22.3 Å². The second-order valence-electron chi connectivity index (χ2n) is 5.10. The van der Waals surface area contributed by atoms with Crippen LogP contribution in [0.3, 0.4) is 0 Å². The molecule has 6 nitrogen and oxygen atoms in total. The fourth-order valence-corrected chi connectivity index (χ4v) is 3.59. The minimum absolute atomic E-state index is 0.0461. The van der Waals surface area contributed by atoms with Gasteiger partial charge in [-0.25, -0.2) is 13.6 Å². The molecule has 0 fully saturated rings. The largest absolute Gasteiger partial charge is 0.496 e. The van der Waals surface area contributed by atoms with Crippen molar-refractivity contribution in [3.05, 3.63) is 56.1 Å². The predicted octanol–water partition coefficient (Wildman–Crippen LogP) is 3.53. The zero-order valence-corrected chi connectivity index (χ0v) is 15.9. The van der Waals surface area contributed by atoms with Gasteiger partial charge in [0.25, 0.3) is 0 Å². The first-order valence-electron chi connectivity index (χ1n) is 6.86. The number of sulfonamides is 1. The summed E-state index contributed by atoms with van der Waals surface area (Å²) in [5.74, 6) is 0.554. The highest BCUT2D eigenvalue weighted by atomic mass is 79.9. The van der Waals surface area contributed by atoms with E-state index in [-0.39, 0.29) is 36.5 Å². The van der Waals surface area contributed by atoms with E-state index in [0.717, 1.165) is 0 Å². The van der Waals surface area contributed by atoms with Gasteiger partial charge in [-0.1, -0.05) is 11.6 Å². The molecule has 25 heavy (non-hydrogen) atoms. The number of halogens is 2. The summed E-state index contributed by atoms with van der Waals surface area (Å²) in [7, 11) is -2.37. The minimum atomic E-state index is -3.81. The summed E-state index contributed by atoms with van der Waals surface area (Å²) in [4.78, 5) is 12.7. The first-order chi connectivity index (χ1) is 11.7. The lowest BCUT2D eigenvalue weighted by atomic mass is 10.1. The second-order valence-corrected chi connectivity index (χ2v) is 7.86. The van der Waals surface area contributed by atoms with Crippen LogP contribution < -0.4 is 15.3 Å². The van der Waals surface area contributed by atoms with Crippen molar-refractivity contribution in [1.29, 1.82) is 0 Å². The van der Waals surface area contributed by atoms with Gasteiger partial charge in [-0.05, 0) is 52.3 Å². The average Bonchev–Trinajstić information content (AvgIpc) is 2.58. The van der Waals surface area contributed by atoms with Crippen LogP contribution in [0.1, 0.15) is 0 Å². The molecule has 130 valence electrons. The fraction of sp³-hybridized carbons (Fsp3) is 0.0625. The van der Waals surface area contributed by atoms with Gasteiger partial charge >= 0.3 is 0 Å². The van der Waals surface area contributed by atoms with Crippen LogP contribution in [-0.4, -0.2) is 15.5 Å². The van der Waals surface area contributed by atoms with Crippen molar-refractivity contribution < 1.29 is 17.6 Å². The summed E-state index contributed by atoms with van der Waals surface area (Å²) >= 11 is 9.39. The van der Waals surface area contributed by atoms with Crippen molar-refractivity contribution >= 4 is 48.5 Å². The Morgan fingerprint density at radius 3 is 2.36 bits per heavy atom. The highest BCUT2D eigenvalue weighted by Crippen LogP contribution is 2.36. The quantitative estimate of drug-likeness (QED) is 0.666. The molecule has 9 heteroatoms. The van der Waals surface area contributed by atoms with E-state index in [9.17, 15) is 13.2 Å². The van der Waals surface area contributed by atoms with E-state index in [0.29, 0.717) is 11.3 Å². The van der Waals surface area contributed by atoms with E-state index >= 15 is 0 Å². The molecule has 3 aromatic rings. The van der Waals surface area contributed by atoms with Gasteiger partial charge < -0.3 is 9.15 Å². The third kappa shape index (κ3) is 3.18. The lowest BCUT2D eigenvalue weighted by Gasteiger charge is -2.10. The Morgan fingerprint density at radius 1 is 1.16 bits per heavy atom. The number of rotatable bonds is 3. The molecule has 0 aliphatic rings. The van der Waals surface area contributed by atoms with Gasteiger partial charge in [0.2, 0.25) is 15.5 Å². The fourth-order valence-electron chi connectivity index (χ4n) is 2.37. The molecule has 0 amide bonds. The molecule has 3 rings (SSSR count). The van der Waals surface area contributed by atoms with Crippen LogP contribution in [0.5, 0.6) is 5.75 Å². The molecule has 0 saturated carbocycles. The Morgan fingerprint density at radius 2 is 1.80 bits per heavy atom. The van der Waals surface area contributed by atoms with E-state index in [4.69, 9.17) is 25.9 Å². The molecular formula is C16H11BrClNO5S. The Hall–Kier alpha value is -1.87. The van der Waals surface area contributed by atoms with E-state index < -0.39 is 10.0 Å². The Balaban J connectivity index is 2.30. The van der Waals surface area contributed by atoms with Crippen molar-refractivity contribution in [2.24, 2.45) is 5.14 Å². The van der Waals surface area contributed by atoms with E-state index in [1.165, 1.54) is 31.4 Å². The minimum Gasteiger partial charge on any atom is -0.496 e. The average molecular weight is 445 g/mol. The zero-order chi connectivity index (χ0) is 18.4. The topological polar surface area (TPSA) is 99.6 Å². The number of hydrogen-bond acceptors (Lipinski definition) is 5. The molecule has 2 N–H and O–H groups in total. The summed E-state index contributed by atoms with van der Waals surface area (Å²) in [5.41, 5.74) is 0.308. The van der Waals surface area contributed by atoms with Crippen LogP contribution in [0.4, 0.5) is 0 Å². The van der Waals surface area contributed by atoms with Crippen LogP contribution in [0.15, 0.2) is 55.0 Å². The molecule has 0 aliphatic heterocycles. The zero-order valence-electron chi connectivity index (χ0n) is 12.7. The highest BCUT2D eigenvalue weighted by Gasteiger charge is 2.19. The van der Waals surface area contributed by atoms with Crippen molar-refractivity contribution in [3.63, 3.8) is 0 Å². The number of nitrogens with two attached hydrogens (primary N) is 1. The third-order valence-corrected chi connectivity index (χ3v) is 5.51. The molecule has 0 radical (unpaired) electrons. The maximum atomic E-state index is 12.7. The van der Waals surface area contributed by atoms with Crippen molar-refractivity contribution in [3.8, 4) is 17.1 Å². The molecule has 1 aromatic heterocycles. The van der Waals surface area contributed by atoms with Crippen molar-refractivity contribution in [2.45, 2.75) is 4.90 Å². The SMILES string of the molecule is COc1ccc(Cl)c2oc(-c3ccc(S(N)(=O)=O)cc3)c(Br)c(=O)c12. The maximum absolute atomic E-state index is 12.7. The van der Waals surface area contributed by atoms with E-state index in [2.05, 4.69) is 15.9 Å². The highest BCUT2D eigenvalue weighted by molar-refractivity contribution is 9.10. The van der Waals surface area contributed by atoms with Gasteiger partial charge in [0, 0.05) is 5.56 Å². The molecule has 0 atom stereocenters. The second kappa shape index (κ2) is 6.45. The lowest BCUT2D eigenvalue weighted by molar-refractivity contribution is 0.418. The van der Waals surface area contributed by atoms with Gasteiger partial charge in [-0.3, -0.25) is 4.79 Å². The predicted molar refractivity (Wildman–Crippen MR) is 98.6 cm³/mol. The molecule has 0 bridgehead atoms. The van der Waals surface area contributed by atoms with Crippen LogP contribution in [0.2, 0.25) is 5.02 Å². The standard InChI is InChI=1S/C16H11BrClNO5S/c1-23-11-7-6-10(18)16-12(11)14(20)13(17)15(24-16)8-2-4-9(5-3-8)25(19,21)22/h2-7H,1H3,(H2,19,21,22). The summed E-state index contributed by atoms with van der Waals surface area (Å²) in [6.07, 6.45) is 0. The van der Waals surface area contributed by atoms with Crippen molar-refractivity contribution in [1.82, 2.24) is 0 Å². The first kappa shape index (κ1) is 17.9. The van der Waals surface area contributed by atoms with Gasteiger partial charge in [-0.15, -0.1) is 0 Å². The first-order valence-corrected chi connectivity index (χ1v) is 9.58. The summed E-state index contributed by atoms with van der Waals surface area (Å²) in [5, 5.41) is 5.55. The smallest absolute Gasteiger partial charge is 0.238 e. The molecule has 0 aliphatic carbocycles. The number of methoxy groups -OCH3 is 1. The molecular weight excluding hydrogens is 434 g/mol. The third-order valence-electron chi connectivity index (χ3n) is 3.57. The molecule has 0 unspecified atom stereocenters. The Bertz CT molecular complexity index is 1140. The Kier molecular flexibility index (Phi) is 4.63. The number of ether oxygens (including phenoxy) is 1.